The largest absolute Gasteiger partial charge is 0.497 e. The number of anilines is 2. The Hall–Kier alpha value is -2.13. The number of carbonyl (C=O) groups excluding carboxylic acids is 2. The van der Waals surface area contributed by atoms with Crippen LogP contribution in [0.3, 0.4) is 0 Å². The SMILES string of the molecule is COc1cccc(NC(=O)CSc2nnc(NC(=O)C3CCCCC3)s2)c1. The Labute approximate surface area is 166 Å². The van der Waals surface area contributed by atoms with Gasteiger partial charge in [0.1, 0.15) is 5.75 Å². The number of benzene rings is 1. The smallest absolute Gasteiger partial charge is 0.234 e. The van der Waals surface area contributed by atoms with Gasteiger partial charge >= 0.3 is 0 Å². The number of hydrogen-bond donors (Lipinski definition) is 2. The normalized spacial score (nSPS) is 14.6. The third-order valence-electron chi connectivity index (χ3n) is 4.29. The number of aromatic nitrogens is 2. The van der Waals surface area contributed by atoms with Crippen LogP contribution in [0.4, 0.5) is 10.8 Å². The van der Waals surface area contributed by atoms with Crippen LogP contribution in [0.25, 0.3) is 0 Å². The Morgan fingerprint density at radius 3 is 2.81 bits per heavy atom. The Bertz CT molecular complexity index is 790. The van der Waals surface area contributed by atoms with E-state index in [2.05, 4.69) is 20.8 Å². The molecular weight excluding hydrogens is 384 g/mol. The summed E-state index contributed by atoms with van der Waals surface area (Å²) >= 11 is 2.58. The number of ether oxygens (including phenoxy) is 1. The van der Waals surface area contributed by atoms with Crippen molar-refractivity contribution in [2.75, 3.05) is 23.5 Å². The van der Waals surface area contributed by atoms with E-state index in [1.165, 1.54) is 29.5 Å². The van der Waals surface area contributed by atoms with Crippen LogP contribution in [0.15, 0.2) is 28.6 Å². The number of amides is 2. The van der Waals surface area contributed by atoms with E-state index in [1.807, 2.05) is 12.1 Å². The molecule has 27 heavy (non-hydrogen) atoms. The van der Waals surface area contributed by atoms with Crippen LogP contribution in [0.1, 0.15) is 32.1 Å². The van der Waals surface area contributed by atoms with E-state index in [0.717, 1.165) is 25.7 Å². The number of methoxy groups -OCH3 is 1. The van der Waals surface area contributed by atoms with Crippen LogP contribution in [-0.4, -0.2) is 34.9 Å². The molecule has 0 aliphatic heterocycles. The summed E-state index contributed by atoms with van der Waals surface area (Å²) in [5, 5.41) is 14.2. The molecule has 7 nitrogen and oxygen atoms in total. The fourth-order valence-electron chi connectivity index (χ4n) is 2.92. The number of hydrogen-bond acceptors (Lipinski definition) is 7. The van der Waals surface area contributed by atoms with Gasteiger partial charge in [-0.1, -0.05) is 48.4 Å². The molecule has 1 aliphatic carbocycles. The van der Waals surface area contributed by atoms with Gasteiger partial charge in [0, 0.05) is 17.7 Å². The van der Waals surface area contributed by atoms with Gasteiger partial charge in [-0.2, -0.15) is 0 Å². The molecular formula is C18H22N4O3S2. The van der Waals surface area contributed by atoms with Crippen molar-refractivity contribution >= 4 is 45.7 Å². The molecule has 0 spiro atoms. The van der Waals surface area contributed by atoms with Gasteiger partial charge in [0.15, 0.2) is 4.34 Å². The number of rotatable bonds is 7. The predicted molar refractivity (Wildman–Crippen MR) is 107 cm³/mol. The molecule has 2 amide bonds. The van der Waals surface area contributed by atoms with Crippen molar-refractivity contribution in [1.29, 1.82) is 0 Å². The van der Waals surface area contributed by atoms with Crippen molar-refractivity contribution in [1.82, 2.24) is 10.2 Å². The van der Waals surface area contributed by atoms with Gasteiger partial charge in [0.05, 0.1) is 12.9 Å². The van der Waals surface area contributed by atoms with E-state index in [0.29, 0.717) is 20.9 Å². The molecule has 1 aromatic heterocycles. The summed E-state index contributed by atoms with van der Waals surface area (Å²) < 4.78 is 5.78. The van der Waals surface area contributed by atoms with E-state index in [1.54, 1.807) is 19.2 Å². The van der Waals surface area contributed by atoms with Crippen molar-refractivity contribution < 1.29 is 14.3 Å². The molecule has 0 radical (unpaired) electrons. The number of thioether (sulfide) groups is 1. The third kappa shape index (κ3) is 5.93. The minimum Gasteiger partial charge on any atom is -0.497 e. The second-order valence-electron chi connectivity index (χ2n) is 6.27. The first-order valence-electron chi connectivity index (χ1n) is 8.85. The Morgan fingerprint density at radius 1 is 1.22 bits per heavy atom. The molecule has 2 N–H and O–H groups in total. The fourth-order valence-corrected chi connectivity index (χ4v) is 4.47. The quantitative estimate of drug-likeness (QED) is 0.537. The second kappa shape index (κ2) is 9.70. The van der Waals surface area contributed by atoms with Crippen molar-refractivity contribution in [2.24, 2.45) is 5.92 Å². The number of carbonyl (C=O) groups is 2. The Balaban J connectivity index is 1.45. The lowest BCUT2D eigenvalue weighted by Gasteiger charge is -2.19. The predicted octanol–water partition coefficient (Wildman–Crippen LogP) is 3.80. The minimum atomic E-state index is -0.142. The van der Waals surface area contributed by atoms with Crippen molar-refractivity contribution in [3.8, 4) is 5.75 Å². The topological polar surface area (TPSA) is 93.2 Å². The summed E-state index contributed by atoms with van der Waals surface area (Å²) in [6.45, 7) is 0. The van der Waals surface area contributed by atoms with Crippen LogP contribution < -0.4 is 15.4 Å². The Kier molecular flexibility index (Phi) is 7.05. The van der Waals surface area contributed by atoms with Crippen LogP contribution in [0, 0.1) is 5.92 Å². The molecule has 1 aromatic carbocycles. The van der Waals surface area contributed by atoms with Crippen molar-refractivity contribution in [3.63, 3.8) is 0 Å². The number of nitrogens with zero attached hydrogens (tertiary/aromatic N) is 2. The summed E-state index contributed by atoms with van der Waals surface area (Å²) in [5.74, 6) is 0.854. The summed E-state index contributed by atoms with van der Waals surface area (Å²) in [4.78, 5) is 24.3. The molecule has 1 heterocycles. The molecule has 3 rings (SSSR count). The Morgan fingerprint density at radius 2 is 2.04 bits per heavy atom. The van der Waals surface area contributed by atoms with E-state index in [4.69, 9.17) is 4.74 Å². The first-order valence-corrected chi connectivity index (χ1v) is 10.7. The molecule has 0 atom stereocenters. The average Bonchev–Trinajstić information content (AvgIpc) is 3.14. The highest BCUT2D eigenvalue weighted by Crippen LogP contribution is 2.28. The first kappa shape index (κ1) is 19.6. The molecule has 0 unspecified atom stereocenters. The zero-order chi connectivity index (χ0) is 19.1. The molecule has 0 bridgehead atoms. The third-order valence-corrected chi connectivity index (χ3v) is 6.26. The summed E-state index contributed by atoms with van der Waals surface area (Å²) in [6, 6.07) is 7.18. The fraction of sp³-hybridized carbons (Fsp3) is 0.444. The lowest BCUT2D eigenvalue weighted by atomic mass is 9.89. The molecule has 2 aromatic rings. The van der Waals surface area contributed by atoms with Gasteiger partial charge in [-0.25, -0.2) is 0 Å². The minimum absolute atomic E-state index is 0.0261. The van der Waals surface area contributed by atoms with Crippen LogP contribution in [-0.2, 0) is 9.59 Å². The van der Waals surface area contributed by atoms with Gasteiger partial charge in [-0.05, 0) is 25.0 Å². The highest BCUT2D eigenvalue weighted by atomic mass is 32.2. The summed E-state index contributed by atoms with van der Waals surface area (Å²) in [5.41, 5.74) is 0.678. The number of nitrogens with one attached hydrogen (secondary N) is 2. The summed E-state index contributed by atoms with van der Waals surface area (Å²) in [6.07, 6.45) is 5.31. The molecule has 1 aliphatic rings. The lowest BCUT2D eigenvalue weighted by Crippen LogP contribution is -2.24. The maximum Gasteiger partial charge on any atom is 0.234 e. The molecule has 1 saturated carbocycles. The van der Waals surface area contributed by atoms with Gasteiger partial charge < -0.3 is 15.4 Å². The van der Waals surface area contributed by atoms with Gasteiger partial charge in [-0.3, -0.25) is 9.59 Å². The van der Waals surface area contributed by atoms with Gasteiger partial charge in [0.25, 0.3) is 0 Å². The van der Waals surface area contributed by atoms with Crippen LogP contribution in [0.2, 0.25) is 0 Å². The van der Waals surface area contributed by atoms with Crippen molar-refractivity contribution in [2.45, 2.75) is 36.4 Å². The molecule has 144 valence electrons. The standard InChI is InChI=1S/C18H22N4O3S2/c1-25-14-9-5-8-13(10-14)19-15(23)11-26-18-22-21-17(27-18)20-16(24)12-6-3-2-4-7-12/h5,8-10,12H,2-4,6-7,11H2,1H3,(H,19,23)(H,20,21,24). The maximum absolute atomic E-state index is 12.2. The maximum atomic E-state index is 12.2. The average molecular weight is 407 g/mol. The van der Waals surface area contributed by atoms with Crippen LogP contribution in [0.5, 0.6) is 5.75 Å². The van der Waals surface area contributed by atoms with E-state index < -0.39 is 0 Å². The zero-order valence-electron chi connectivity index (χ0n) is 15.1. The monoisotopic (exact) mass is 406 g/mol. The van der Waals surface area contributed by atoms with Crippen molar-refractivity contribution in [3.05, 3.63) is 24.3 Å². The van der Waals surface area contributed by atoms with Crippen LogP contribution >= 0.6 is 23.1 Å². The molecule has 9 heteroatoms. The van der Waals surface area contributed by atoms with E-state index in [-0.39, 0.29) is 23.5 Å². The molecule has 1 fully saturated rings. The summed E-state index contributed by atoms with van der Waals surface area (Å²) in [7, 11) is 1.58. The second-order valence-corrected chi connectivity index (χ2v) is 8.47. The zero-order valence-corrected chi connectivity index (χ0v) is 16.7. The van der Waals surface area contributed by atoms with Gasteiger partial charge in [0.2, 0.25) is 16.9 Å². The van der Waals surface area contributed by atoms with E-state index in [9.17, 15) is 9.59 Å². The highest BCUT2D eigenvalue weighted by molar-refractivity contribution is 8.01. The van der Waals surface area contributed by atoms with Gasteiger partial charge in [-0.15, -0.1) is 10.2 Å². The highest BCUT2D eigenvalue weighted by Gasteiger charge is 2.22. The van der Waals surface area contributed by atoms with E-state index >= 15 is 0 Å². The first-order chi connectivity index (χ1) is 13.1. The molecule has 0 saturated heterocycles. The lowest BCUT2D eigenvalue weighted by molar-refractivity contribution is -0.120.